The molecule has 0 aromatic heterocycles. The zero-order valence-corrected chi connectivity index (χ0v) is 16.2. The van der Waals surface area contributed by atoms with Gasteiger partial charge in [-0.15, -0.1) is 0 Å². The lowest BCUT2D eigenvalue weighted by Gasteiger charge is -2.54. The average molecular weight is 361 g/mol. The van der Waals surface area contributed by atoms with Crippen molar-refractivity contribution in [1.29, 1.82) is 0 Å². The highest BCUT2D eigenvalue weighted by Gasteiger charge is 2.59. The van der Waals surface area contributed by atoms with E-state index in [1.54, 1.807) is 7.11 Å². The highest BCUT2D eigenvalue weighted by molar-refractivity contribution is 5.80. The minimum Gasteiger partial charge on any atom is -0.497 e. The van der Waals surface area contributed by atoms with Gasteiger partial charge in [0.15, 0.2) is 5.96 Å². The third-order valence-electron chi connectivity index (χ3n) is 5.64. The fourth-order valence-corrected chi connectivity index (χ4v) is 4.22. The van der Waals surface area contributed by atoms with Crippen molar-refractivity contribution in [2.45, 2.75) is 45.4 Å². The maximum absolute atomic E-state index is 10.5. The molecule has 26 heavy (non-hydrogen) atoms. The molecule has 0 bridgehead atoms. The Labute approximate surface area is 156 Å². The van der Waals surface area contributed by atoms with Gasteiger partial charge in [0.05, 0.1) is 25.9 Å². The number of hydrogen-bond donors (Lipinski definition) is 3. The molecular weight excluding hydrogens is 330 g/mol. The number of aliphatic imine (C=N–C) groups is 1. The van der Waals surface area contributed by atoms with Crippen LogP contribution in [-0.4, -0.2) is 50.0 Å². The van der Waals surface area contributed by atoms with Crippen LogP contribution < -0.4 is 15.4 Å². The van der Waals surface area contributed by atoms with E-state index >= 15 is 0 Å². The van der Waals surface area contributed by atoms with Gasteiger partial charge in [-0.05, 0) is 31.0 Å². The van der Waals surface area contributed by atoms with E-state index in [1.165, 1.54) is 0 Å². The van der Waals surface area contributed by atoms with E-state index in [2.05, 4.69) is 29.5 Å². The second kappa shape index (κ2) is 7.84. The molecule has 6 nitrogen and oxygen atoms in total. The van der Waals surface area contributed by atoms with Crippen LogP contribution in [-0.2, 0) is 4.74 Å². The molecule has 2 aliphatic rings. The maximum atomic E-state index is 10.5. The van der Waals surface area contributed by atoms with Crippen LogP contribution in [0.1, 0.15) is 38.9 Å². The summed E-state index contributed by atoms with van der Waals surface area (Å²) >= 11 is 0. The number of ether oxygens (including phenoxy) is 2. The van der Waals surface area contributed by atoms with Crippen LogP contribution in [0, 0.1) is 11.3 Å². The molecule has 1 aromatic rings. The highest BCUT2D eigenvalue weighted by atomic mass is 16.5. The van der Waals surface area contributed by atoms with Gasteiger partial charge in [-0.3, -0.25) is 4.99 Å². The number of methoxy groups -OCH3 is 1. The van der Waals surface area contributed by atoms with Crippen molar-refractivity contribution in [3.05, 3.63) is 29.8 Å². The number of guanidine groups is 1. The quantitative estimate of drug-likeness (QED) is 0.534. The molecule has 0 amide bonds. The molecule has 1 saturated carbocycles. The molecule has 0 radical (unpaired) electrons. The lowest BCUT2D eigenvalue weighted by Crippen LogP contribution is -2.68. The Morgan fingerprint density at radius 3 is 3.00 bits per heavy atom. The second-order valence-electron chi connectivity index (χ2n) is 7.70. The molecule has 4 atom stereocenters. The number of nitrogens with zero attached hydrogens (tertiary/aromatic N) is 1. The first-order chi connectivity index (χ1) is 12.5. The Morgan fingerprint density at radius 1 is 1.46 bits per heavy atom. The summed E-state index contributed by atoms with van der Waals surface area (Å²) in [6.45, 7) is 8.44. The van der Waals surface area contributed by atoms with Crippen LogP contribution in [0.15, 0.2) is 29.3 Å². The van der Waals surface area contributed by atoms with Crippen LogP contribution in [0.5, 0.6) is 5.75 Å². The number of benzene rings is 1. The van der Waals surface area contributed by atoms with E-state index in [0.717, 1.165) is 36.8 Å². The lowest BCUT2D eigenvalue weighted by molar-refractivity contribution is -0.106. The number of aliphatic hydroxyl groups is 1. The van der Waals surface area contributed by atoms with Crippen molar-refractivity contribution >= 4 is 5.96 Å². The van der Waals surface area contributed by atoms with E-state index in [9.17, 15) is 5.11 Å². The predicted molar refractivity (Wildman–Crippen MR) is 102 cm³/mol. The standard InChI is InChI=1S/C20H31N3O3/c1-5-21-19(23-17-15-9-10-26-18(15)20(17,2)3)22-12-16(24)13-7-6-8-14(11-13)25-4/h6-8,11,15-18,24H,5,9-10,12H2,1-4H3,(H2,21,22,23). The van der Waals surface area contributed by atoms with E-state index in [4.69, 9.17) is 9.47 Å². The molecule has 1 saturated heterocycles. The van der Waals surface area contributed by atoms with Gasteiger partial charge in [0.2, 0.25) is 0 Å². The van der Waals surface area contributed by atoms with Gasteiger partial charge in [0, 0.05) is 30.5 Å². The molecule has 1 heterocycles. The van der Waals surface area contributed by atoms with Gasteiger partial charge < -0.3 is 25.2 Å². The van der Waals surface area contributed by atoms with Gasteiger partial charge in [0.1, 0.15) is 5.75 Å². The van der Waals surface area contributed by atoms with Gasteiger partial charge in [-0.1, -0.05) is 26.0 Å². The van der Waals surface area contributed by atoms with Gasteiger partial charge in [-0.2, -0.15) is 0 Å². The van der Waals surface area contributed by atoms with E-state index in [0.29, 0.717) is 24.6 Å². The predicted octanol–water partition coefficient (Wildman–Crippen LogP) is 2.10. The van der Waals surface area contributed by atoms with Crippen LogP contribution >= 0.6 is 0 Å². The Morgan fingerprint density at radius 2 is 2.27 bits per heavy atom. The van der Waals surface area contributed by atoms with E-state index in [-0.39, 0.29) is 5.41 Å². The van der Waals surface area contributed by atoms with E-state index < -0.39 is 6.10 Å². The summed E-state index contributed by atoms with van der Waals surface area (Å²) in [5, 5.41) is 17.3. The molecule has 1 aliphatic heterocycles. The van der Waals surface area contributed by atoms with Crippen LogP contribution in [0.25, 0.3) is 0 Å². The van der Waals surface area contributed by atoms with Gasteiger partial charge in [-0.25, -0.2) is 0 Å². The van der Waals surface area contributed by atoms with Gasteiger partial charge in [0.25, 0.3) is 0 Å². The molecule has 3 rings (SSSR count). The number of fused-ring (bicyclic) bond motifs is 1. The SMILES string of the molecule is CCNC(=NCC(O)c1cccc(OC)c1)NC1C2CCOC2C1(C)C. The molecule has 1 aromatic carbocycles. The lowest BCUT2D eigenvalue weighted by atomic mass is 9.57. The van der Waals surface area contributed by atoms with Crippen molar-refractivity contribution in [3.63, 3.8) is 0 Å². The van der Waals surface area contributed by atoms with Gasteiger partial charge >= 0.3 is 0 Å². The largest absolute Gasteiger partial charge is 0.497 e. The first kappa shape index (κ1) is 19.0. The first-order valence-electron chi connectivity index (χ1n) is 9.45. The summed E-state index contributed by atoms with van der Waals surface area (Å²) in [7, 11) is 1.62. The smallest absolute Gasteiger partial charge is 0.191 e. The molecule has 144 valence electrons. The minimum absolute atomic E-state index is 0.0861. The van der Waals surface area contributed by atoms with E-state index in [1.807, 2.05) is 31.2 Å². The summed E-state index contributed by atoms with van der Waals surface area (Å²) in [4.78, 5) is 4.61. The fraction of sp³-hybridized carbons (Fsp3) is 0.650. The number of hydrogen-bond acceptors (Lipinski definition) is 4. The van der Waals surface area contributed by atoms with Crippen molar-refractivity contribution in [2.75, 3.05) is 26.8 Å². The van der Waals surface area contributed by atoms with Crippen LogP contribution in [0.4, 0.5) is 0 Å². The molecule has 3 N–H and O–H groups in total. The molecule has 6 heteroatoms. The molecule has 4 unspecified atom stereocenters. The monoisotopic (exact) mass is 361 g/mol. The van der Waals surface area contributed by atoms with Crippen molar-refractivity contribution in [2.24, 2.45) is 16.3 Å². The highest BCUT2D eigenvalue weighted by Crippen LogP contribution is 2.52. The molecule has 2 fully saturated rings. The summed E-state index contributed by atoms with van der Waals surface area (Å²) in [6, 6.07) is 7.81. The third-order valence-corrected chi connectivity index (χ3v) is 5.64. The zero-order chi connectivity index (χ0) is 18.7. The minimum atomic E-state index is -0.669. The van der Waals surface area contributed by atoms with Crippen LogP contribution in [0.2, 0.25) is 0 Å². The van der Waals surface area contributed by atoms with Crippen molar-refractivity contribution in [1.82, 2.24) is 10.6 Å². The Balaban J connectivity index is 1.65. The fourth-order valence-electron chi connectivity index (χ4n) is 4.22. The van der Waals surface area contributed by atoms with Crippen molar-refractivity contribution < 1.29 is 14.6 Å². The zero-order valence-electron chi connectivity index (χ0n) is 16.2. The number of aliphatic hydroxyl groups excluding tert-OH is 1. The molecular formula is C20H31N3O3. The molecule has 1 aliphatic carbocycles. The Bertz CT molecular complexity index is 647. The third kappa shape index (κ3) is 3.67. The maximum Gasteiger partial charge on any atom is 0.191 e. The summed E-state index contributed by atoms with van der Waals surface area (Å²) < 4.78 is 11.1. The number of rotatable bonds is 6. The normalized spacial score (nSPS) is 28.0. The first-order valence-corrected chi connectivity index (χ1v) is 9.45. The van der Waals surface area contributed by atoms with Crippen LogP contribution in [0.3, 0.4) is 0 Å². The summed E-state index contributed by atoms with van der Waals surface area (Å²) in [5.41, 5.74) is 0.889. The summed E-state index contributed by atoms with van der Waals surface area (Å²) in [6.07, 6.45) is 0.764. The summed E-state index contributed by atoms with van der Waals surface area (Å²) in [5.74, 6) is 2.02. The topological polar surface area (TPSA) is 75.1 Å². The molecule has 0 spiro atoms. The number of nitrogens with one attached hydrogen (secondary N) is 2. The van der Waals surface area contributed by atoms with Crippen molar-refractivity contribution in [3.8, 4) is 5.75 Å². The Hall–Kier alpha value is -1.79. The Kier molecular flexibility index (Phi) is 5.73. The average Bonchev–Trinajstić information content (AvgIpc) is 3.10. The second-order valence-corrected chi connectivity index (χ2v) is 7.70.